The van der Waals surface area contributed by atoms with Gasteiger partial charge in [0, 0.05) is 23.8 Å². The van der Waals surface area contributed by atoms with Gasteiger partial charge in [-0.05, 0) is 19.1 Å². The Bertz CT molecular complexity index is 297. The Hall–Kier alpha value is -0.860. The maximum absolute atomic E-state index is 5.60. The molecule has 0 spiro atoms. The van der Waals surface area contributed by atoms with E-state index in [1.165, 1.54) is 0 Å². The van der Waals surface area contributed by atoms with Crippen LogP contribution in [-0.2, 0) is 6.54 Å². The fourth-order valence-electron chi connectivity index (χ4n) is 1.02. The van der Waals surface area contributed by atoms with Crippen LogP contribution in [-0.4, -0.2) is 11.5 Å². The lowest BCUT2D eigenvalue weighted by molar-refractivity contribution is 0.733. The van der Waals surface area contributed by atoms with Crippen molar-refractivity contribution < 1.29 is 0 Å². The number of nitrogens with zero attached hydrogens (tertiary/aromatic N) is 1. The van der Waals surface area contributed by atoms with Gasteiger partial charge in [0.2, 0.25) is 0 Å². The van der Waals surface area contributed by atoms with Gasteiger partial charge >= 0.3 is 0 Å². The lowest BCUT2D eigenvalue weighted by Crippen LogP contribution is -2.15. The number of pyridine rings is 1. The molecule has 0 atom stereocenters. The summed E-state index contributed by atoms with van der Waals surface area (Å²) in [4.78, 5) is 4.33. The summed E-state index contributed by atoms with van der Waals surface area (Å²) in [6.45, 7) is 6.91. The minimum absolute atomic E-state index is 0.618. The highest BCUT2D eigenvalue weighted by molar-refractivity contribution is 6.29. The van der Waals surface area contributed by atoms with Crippen molar-refractivity contribution in [2.24, 2.45) is 0 Å². The highest BCUT2D eigenvalue weighted by Gasteiger charge is 1.94. The Morgan fingerprint density at radius 1 is 1.62 bits per heavy atom. The van der Waals surface area contributed by atoms with Crippen LogP contribution in [0.1, 0.15) is 11.4 Å². The quantitative estimate of drug-likeness (QED) is 0.799. The predicted octanol–water partition coefficient (Wildman–Crippen LogP) is 2.23. The maximum atomic E-state index is 5.60. The highest BCUT2D eigenvalue weighted by atomic mass is 35.5. The monoisotopic (exact) mass is 196 g/mol. The molecular weight excluding hydrogens is 184 g/mol. The number of hydrogen-bond donors (Lipinski definition) is 1. The zero-order chi connectivity index (χ0) is 9.68. The van der Waals surface area contributed by atoms with Crippen molar-refractivity contribution in [2.45, 2.75) is 13.5 Å². The number of aromatic nitrogens is 1. The molecule has 0 amide bonds. The first-order valence-electron chi connectivity index (χ1n) is 4.15. The van der Waals surface area contributed by atoms with Crippen molar-refractivity contribution in [1.29, 1.82) is 0 Å². The summed E-state index contributed by atoms with van der Waals surface area (Å²) in [5, 5.41) is 3.75. The third kappa shape index (κ3) is 4.06. The Balaban J connectivity index is 2.41. The van der Waals surface area contributed by atoms with Gasteiger partial charge in [0.25, 0.3) is 0 Å². The van der Waals surface area contributed by atoms with E-state index in [1.807, 2.05) is 25.1 Å². The van der Waals surface area contributed by atoms with Crippen LogP contribution in [0.2, 0.25) is 0 Å². The average Bonchev–Trinajstić information content (AvgIpc) is 2.03. The first-order chi connectivity index (χ1) is 6.18. The van der Waals surface area contributed by atoms with Crippen molar-refractivity contribution in [3.8, 4) is 0 Å². The van der Waals surface area contributed by atoms with Crippen molar-refractivity contribution in [3.63, 3.8) is 0 Å². The molecule has 1 heterocycles. The number of halogens is 1. The Morgan fingerprint density at radius 3 is 3.00 bits per heavy atom. The summed E-state index contributed by atoms with van der Waals surface area (Å²) < 4.78 is 0. The molecule has 0 fully saturated rings. The number of aryl methyl sites for hydroxylation is 1. The molecule has 13 heavy (non-hydrogen) atoms. The fourth-order valence-corrected chi connectivity index (χ4v) is 1.12. The molecule has 0 radical (unpaired) electrons. The van der Waals surface area contributed by atoms with Gasteiger partial charge in [-0.2, -0.15) is 0 Å². The van der Waals surface area contributed by atoms with Crippen LogP contribution in [0.15, 0.2) is 29.8 Å². The molecule has 1 aromatic rings. The van der Waals surface area contributed by atoms with E-state index in [0.717, 1.165) is 17.9 Å². The van der Waals surface area contributed by atoms with Gasteiger partial charge in [0.15, 0.2) is 0 Å². The second-order valence-electron chi connectivity index (χ2n) is 2.89. The third-order valence-electron chi connectivity index (χ3n) is 1.57. The molecule has 0 unspecified atom stereocenters. The Kier molecular flexibility index (Phi) is 3.93. The van der Waals surface area contributed by atoms with Crippen molar-refractivity contribution in [2.75, 3.05) is 6.54 Å². The van der Waals surface area contributed by atoms with E-state index in [2.05, 4.69) is 16.9 Å². The maximum Gasteiger partial charge on any atom is 0.0544 e. The molecule has 3 heteroatoms. The minimum Gasteiger partial charge on any atom is -0.306 e. The Morgan fingerprint density at radius 2 is 2.38 bits per heavy atom. The number of nitrogens with one attached hydrogen (secondary N) is 1. The smallest absolute Gasteiger partial charge is 0.0544 e. The lowest BCUT2D eigenvalue weighted by Gasteiger charge is -2.03. The molecule has 1 N–H and O–H groups in total. The zero-order valence-electron chi connectivity index (χ0n) is 7.68. The van der Waals surface area contributed by atoms with Gasteiger partial charge in [-0.25, -0.2) is 0 Å². The van der Waals surface area contributed by atoms with Gasteiger partial charge < -0.3 is 5.32 Å². The molecule has 1 aromatic heterocycles. The summed E-state index contributed by atoms with van der Waals surface area (Å²) in [6.07, 6.45) is 0. The van der Waals surface area contributed by atoms with Gasteiger partial charge in [-0.3, -0.25) is 4.98 Å². The van der Waals surface area contributed by atoms with Crippen LogP contribution < -0.4 is 5.32 Å². The molecule has 1 rings (SSSR count). The largest absolute Gasteiger partial charge is 0.306 e. The van der Waals surface area contributed by atoms with Crippen LogP contribution in [0, 0.1) is 6.92 Å². The second-order valence-corrected chi connectivity index (χ2v) is 3.43. The lowest BCUT2D eigenvalue weighted by atomic mass is 10.3. The van der Waals surface area contributed by atoms with E-state index in [9.17, 15) is 0 Å². The van der Waals surface area contributed by atoms with Crippen LogP contribution in [0.25, 0.3) is 0 Å². The number of hydrogen-bond acceptors (Lipinski definition) is 2. The van der Waals surface area contributed by atoms with E-state index in [4.69, 9.17) is 11.6 Å². The summed E-state index contributed by atoms with van der Waals surface area (Å²) in [5.41, 5.74) is 2.06. The highest BCUT2D eigenvalue weighted by Crippen LogP contribution is 1.98. The zero-order valence-corrected chi connectivity index (χ0v) is 8.43. The first kappa shape index (κ1) is 10.2. The predicted molar refractivity (Wildman–Crippen MR) is 55.7 cm³/mol. The van der Waals surface area contributed by atoms with Gasteiger partial charge in [-0.1, -0.05) is 24.2 Å². The van der Waals surface area contributed by atoms with Crippen molar-refractivity contribution >= 4 is 11.6 Å². The summed E-state index contributed by atoms with van der Waals surface area (Å²) in [7, 11) is 0. The van der Waals surface area contributed by atoms with Crippen molar-refractivity contribution in [3.05, 3.63) is 41.2 Å². The fraction of sp³-hybridized carbons (Fsp3) is 0.300. The van der Waals surface area contributed by atoms with Crippen LogP contribution in [0.3, 0.4) is 0 Å². The van der Waals surface area contributed by atoms with Crippen molar-refractivity contribution in [1.82, 2.24) is 10.3 Å². The summed E-state index contributed by atoms with van der Waals surface area (Å²) in [6, 6.07) is 5.95. The van der Waals surface area contributed by atoms with E-state index in [0.29, 0.717) is 11.6 Å². The number of rotatable bonds is 4. The SMILES string of the molecule is C=C(Cl)CNCc1cccc(C)n1. The molecular formula is C10H13ClN2. The first-order valence-corrected chi connectivity index (χ1v) is 4.53. The topological polar surface area (TPSA) is 24.9 Å². The molecule has 0 aliphatic carbocycles. The third-order valence-corrected chi connectivity index (χ3v) is 1.70. The normalized spacial score (nSPS) is 10.0. The van der Waals surface area contributed by atoms with Crippen LogP contribution in [0.4, 0.5) is 0 Å². The van der Waals surface area contributed by atoms with Gasteiger partial charge in [0.05, 0.1) is 5.69 Å². The van der Waals surface area contributed by atoms with E-state index in [-0.39, 0.29) is 0 Å². The molecule has 0 saturated heterocycles. The van der Waals surface area contributed by atoms with Gasteiger partial charge in [-0.15, -0.1) is 0 Å². The Labute approximate surface area is 83.6 Å². The standard InChI is InChI=1S/C10H13ClN2/c1-8(11)6-12-7-10-5-3-4-9(2)13-10/h3-5,12H,1,6-7H2,2H3. The molecule has 0 aromatic carbocycles. The van der Waals surface area contributed by atoms with Gasteiger partial charge in [0.1, 0.15) is 0 Å². The molecule has 0 bridgehead atoms. The molecule has 0 aliphatic rings. The van der Waals surface area contributed by atoms with E-state index >= 15 is 0 Å². The second kappa shape index (κ2) is 5.00. The summed E-state index contributed by atoms with van der Waals surface area (Å²) >= 11 is 5.60. The van der Waals surface area contributed by atoms with E-state index < -0.39 is 0 Å². The molecule has 2 nitrogen and oxygen atoms in total. The van der Waals surface area contributed by atoms with E-state index in [1.54, 1.807) is 0 Å². The molecule has 70 valence electrons. The van der Waals surface area contributed by atoms with Crippen LogP contribution >= 0.6 is 11.6 Å². The minimum atomic E-state index is 0.618. The molecule has 0 aliphatic heterocycles. The van der Waals surface area contributed by atoms with Crippen LogP contribution in [0.5, 0.6) is 0 Å². The summed E-state index contributed by atoms with van der Waals surface area (Å²) in [5.74, 6) is 0. The average molecular weight is 197 g/mol. The molecule has 0 saturated carbocycles.